The van der Waals surface area contributed by atoms with Gasteiger partial charge >= 0.3 is 6.18 Å². The van der Waals surface area contributed by atoms with Gasteiger partial charge in [-0.25, -0.2) is 0 Å². The lowest BCUT2D eigenvalue weighted by atomic mass is 10.1. The summed E-state index contributed by atoms with van der Waals surface area (Å²) in [5.74, 6) is -1.90. The summed E-state index contributed by atoms with van der Waals surface area (Å²) in [6.45, 7) is 9.75. The van der Waals surface area contributed by atoms with Gasteiger partial charge < -0.3 is 4.43 Å². The maximum atomic E-state index is 12.7. The summed E-state index contributed by atoms with van der Waals surface area (Å²) >= 11 is 3.20. The number of alkyl halides is 3. The molecule has 0 atom stereocenters. The number of Topliss-reactive ketones (excluding diaryl/α,β-unsaturated/α-hetero) is 1. The molecule has 0 heterocycles. The van der Waals surface area contributed by atoms with Crippen molar-refractivity contribution in [3.8, 4) is 5.75 Å². The maximum absolute atomic E-state index is 12.7. The average Bonchev–Trinajstić information content (AvgIpc) is 2.25. The molecule has 0 N–H and O–H groups in total. The van der Waals surface area contributed by atoms with Gasteiger partial charge in [-0.15, -0.1) is 0 Å². The molecule has 118 valence electrons. The highest BCUT2D eigenvalue weighted by molar-refractivity contribution is 9.10. The third-order valence-electron chi connectivity index (χ3n) is 3.62. The molecule has 0 fully saturated rings. The molecule has 21 heavy (non-hydrogen) atoms. The molecule has 0 unspecified atom stereocenters. The highest BCUT2D eigenvalue weighted by Crippen LogP contribution is 2.39. The molecule has 0 aromatic heterocycles. The molecule has 1 rings (SSSR count). The number of halogens is 4. The van der Waals surface area contributed by atoms with Crippen LogP contribution >= 0.6 is 15.9 Å². The average molecular weight is 383 g/mol. The summed E-state index contributed by atoms with van der Waals surface area (Å²) < 4.78 is 44.5. The smallest absolute Gasteiger partial charge is 0.455 e. The molecule has 0 aliphatic rings. The van der Waals surface area contributed by atoms with Gasteiger partial charge in [-0.05, 0) is 36.3 Å². The van der Waals surface area contributed by atoms with Crippen LogP contribution in [-0.2, 0) is 0 Å². The lowest BCUT2D eigenvalue weighted by Gasteiger charge is -2.37. The number of ketones is 1. The standard InChI is InChI=1S/C14H18BrF3O2Si/c1-13(2,3)21(4,5)20-11-8-9(15)6-7-10(11)12(19)14(16,17)18/h6-8H,1-5H3. The predicted octanol–water partition coefficient (Wildman–Crippen LogP) is 5.58. The lowest BCUT2D eigenvalue weighted by molar-refractivity contribution is -0.0886. The molecule has 1 aromatic carbocycles. The van der Waals surface area contributed by atoms with Crippen LogP contribution in [0.1, 0.15) is 31.1 Å². The van der Waals surface area contributed by atoms with E-state index in [9.17, 15) is 18.0 Å². The highest BCUT2D eigenvalue weighted by atomic mass is 79.9. The van der Waals surface area contributed by atoms with E-state index >= 15 is 0 Å². The summed E-state index contributed by atoms with van der Waals surface area (Å²) in [7, 11) is -2.35. The summed E-state index contributed by atoms with van der Waals surface area (Å²) in [4.78, 5) is 11.5. The van der Waals surface area contributed by atoms with E-state index in [2.05, 4.69) is 15.9 Å². The van der Waals surface area contributed by atoms with E-state index in [4.69, 9.17) is 4.43 Å². The Kier molecular flexibility index (Phi) is 5.00. The molecule has 0 radical (unpaired) electrons. The second-order valence-corrected chi connectivity index (χ2v) is 12.0. The van der Waals surface area contributed by atoms with Crippen molar-refractivity contribution < 1.29 is 22.4 Å². The molecule has 0 bridgehead atoms. The van der Waals surface area contributed by atoms with Gasteiger partial charge in [-0.1, -0.05) is 36.7 Å². The van der Waals surface area contributed by atoms with Crippen molar-refractivity contribution in [1.29, 1.82) is 0 Å². The van der Waals surface area contributed by atoms with E-state index < -0.39 is 25.8 Å². The largest absolute Gasteiger partial charge is 0.543 e. The van der Waals surface area contributed by atoms with E-state index in [0.717, 1.165) is 6.07 Å². The Morgan fingerprint density at radius 1 is 1.19 bits per heavy atom. The topological polar surface area (TPSA) is 26.3 Å². The Balaban J connectivity index is 3.30. The van der Waals surface area contributed by atoms with Crippen LogP contribution in [0.5, 0.6) is 5.75 Å². The number of hydrogen-bond donors (Lipinski definition) is 0. The van der Waals surface area contributed by atoms with Gasteiger partial charge in [0.1, 0.15) is 5.75 Å². The number of carbonyl (C=O) groups excluding carboxylic acids is 1. The van der Waals surface area contributed by atoms with Crippen LogP contribution < -0.4 is 4.43 Å². The van der Waals surface area contributed by atoms with E-state index in [1.54, 1.807) is 0 Å². The zero-order valence-corrected chi connectivity index (χ0v) is 15.1. The first-order valence-corrected chi connectivity index (χ1v) is 10.1. The van der Waals surface area contributed by atoms with E-state index in [1.165, 1.54) is 12.1 Å². The van der Waals surface area contributed by atoms with Crippen LogP contribution in [-0.4, -0.2) is 20.3 Å². The third-order valence-corrected chi connectivity index (χ3v) is 8.45. The summed E-state index contributed by atoms with van der Waals surface area (Å²) in [5.41, 5.74) is -0.449. The van der Waals surface area contributed by atoms with Crippen molar-refractivity contribution in [3.63, 3.8) is 0 Å². The molecule has 0 spiro atoms. The van der Waals surface area contributed by atoms with Crippen molar-refractivity contribution in [1.82, 2.24) is 0 Å². The minimum absolute atomic E-state index is 0.0155. The number of benzene rings is 1. The molecule has 0 saturated carbocycles. The van der Waals surface area contributed by atoms with Crippen LogP contribution in [0, 0.1) is 0 Å². The normalized spacial score (nSPS) is 13.2. The van der Waals surface area contributed by atoms with Gasteiger partial charge in [0.15, 0.2) is 0 Å². The molecular formula is C14H18BrF3O2Si. The van der Waals surface area contributed by atoms with Crippen molar-refractivity contribution in [3.05, 3.63) is 28.2 Å². The molecule has 0 amide bonds. The van der Waals surface area contributed by atoms with Crippen molar-refractivity contribution in [2.24, 2.45) is 0 Å². The second kappa shape index (κ2) is 5.76. The molecule has 7 heteroatoms. The summed E-state index contributed by atoms with van der Waals surface area (Å²) in [6.07, 6.45) is -4.92. The first-order chi connectivity index (χ1) is 9.25. The van der Waals surface area contributed by atoms with Crippen LogP contribution in [0.15, 0.2) is 22.7 Å². The molecule has 0 aliphatic carbocycles. The fraction of sp³-hybridized carbons (Fsp3) is 0.500. The first kappa shape index (κ1) is 18.2. The Morgan fingerprint density at radius 2 is 1.71 bits per heavy atom. The minimum atomic E-state index is -4.92. The van der Waals surface area contributed by atoms with Crippen LogP contribution in [0.25, 0.3) is 0 Å². The van der Waals surface area contributed by atoms with E-state index in [-0.39, 0.29) is 10.8 Å². The van der Waals surface area contributed by atoms with Gasteiger partial charge in [-0.3, -0.25) is 4.79 Å². The Labute approximate surface area is 131 Å². The molecular weight excluding hydrogens is 365 g/mol. The fourth-order valence-electron chi connectivity index (χ4n) is 1.35. The zero-order valence-electron chi connectivity index (χ0n) is 12.6. The SMILES string of the molecule is CC(C)(C)[Si](C)(C)Oc1cc(Br)ccc1C(=O)C(F)(F)F. The van der Waals surface area contributed by atoms with Gasteiger partial charge in [0.25, 0.3) is 14.1 Å². The molecule has 0 aliphatic heterocycles. The Bertz CT molecular complexity index is 548. The third kappa shape index (κ3) is 4.32. The monoisotopic (exact) mass is 382 g/mol. The Morgan fingerprint density at radius 3 is 2.14 bits per heavy atom. The summed E-state index contributed by atoms with van der Waals surface area (Å²) in [6, 6.07) is 3.96. The molecule has 1 aromatic rings. The second-order valence-electron chi connectivity index (χ2n) is 6.33. The number of rotatable bonds is 3. The highest BCUT2D eigenvalue weighted by Gasteiger charge is 2.43. The zero-order chi connectivity index (χ0) is 16.6. The van der Waals surface area contributed by atoms with Crippen LogP contribution in [0.4, 0.5) is 13.2 Å². The van der Waals surface area contributed by atoms with Crippen molar-refractivity contribution >= 4 is 30.0 Å². The van der Waals surface area contributed by atoms with Crippen molar-refractivity contribution in [2.45, 2.75) is 45.1 Å². The Hall–Kier alpha value is -0.823. The lowest BCUT2D eigenvalue weighted by Crippen LogP contribution is -2.44. The van der Waals surface area contributed by atoms with Gasteiger partial charge in [0.2, 0.25) is 0 Å². The van der Waals surface area contributed by atoms with E-state index in [0.29, 0.717) is 4.47 Å². The first-order valence-electron chi connectivity index (χ1n) is 6.36. The molecule has 0 saturated heterocycles. The minimum Gasteiger partial charge on any atom is -0.543 e. The van der Waals surface area contributed by atoms with Crippen molar-refractivity contribution in [2.75, 3.05) is 0 Å². The fourth-order valence-corrected chi connectivity index (χ4v) is 2.71. The number of carbonyl (C=O) groups is 1. The number of hydrogen-bond acceptors (Lipinski definition) is 2. The van der Waals surface area contributed by atoms with Crippen LogP contribution in [0.2, 0.25) is 18.1 Å². The quantitative estimate of drug-likeness (QED) is 0.503. The van der Waals surface area contributed by atoms with Crippen LogP contribution in [0.3, 0.4) is 0 Å². The predicted molar refractivity (Wildman–Crippen MR) is 82.4 cm³/mol. The summed E-state index contributed by atoms with van der Waals surface area (Å²) in [5, 5.41) is -0.187. The molecule has 2 nitrogen and oxygen atoms in total. The maximum Gasteiger partial charge on any atom is 0.455 e. The van der Waals surface area contributed by atoms with Gasteiger partial charge in [-0.2, -0.15) is 13.2 Å². The van der Waals surface area contributed by atoms with Gasteiger partial charge in [0.05, 0.1) is 5.56 Å². The van der Waals surface area contributed by atoms with E-state index in [1.807, 2.05) is 33.9 Å². The van der Waals surface area contributed by atoms with Gasteiger partial charge in [0, 0.05) is 4.47 Å².